The number of hydrogen-bond acceptors (Lipinski definition) is 4. The van der Waals surface area contributed by atoms with Crippen molar-refractivity contribution in [1.82, 2.24) is 0 Å². The van der Waals surface area contributed by atoms with Crippen LogP contribution < -0.4 is 4.65 Å². The van der Waals surface area contributed by atoms with Crippen LogP contribution in [0.2, 0.25) is 5.82 Å². The van der Waals surface area contributed by atoms with Crippen LogP contribution in [0.1, 0.15) is 48.0 Å². The van der Waals surface area contributed by atoms with Crippen LogP contribution in [0, 0.1) is 5.92 Å². The second-order valence-corrected chi connectivity index (χ2v) is 7.76. The van der Waals surface area contributed by atoms with Crippen molar-refractivity contribution in [3.05, 3.63) is 23.3 Å². The molecule has 0 unspecified atom stereocenters. The van der Waals surface area contributed by atoms with Gasteiger partial charge in [-0.05, 0) is 42.7 Å². The van der Waals surface area contributed by atoms with Crippen molar-refractivity contribution in [2.24, 2.45) is 5.92 Å². The zero-order valence-corrected chi connectivity index (χ0v) is 12.6. The third-order valence-corrected chi connectivity index (χ3v) is 6.16. The molecular weight excluding hydrogens is 287 g/mol. The SMILES string of the molecule is C[C@H](Sc1ccc2c(c1C(=O)O)OB(O)[C@@H]1C[C@H]21)C1CC1. The Morgan fingerprint density at radius 2 is 2.24 bits per heavy atom. The first-order chi connectivity index (χ1) is 10.1. The molecule has 110 valence electrons. The van der Waals surface area contributed by atoms with Gasteiger partial charge in [0.15, 0.2) is 0 Å². The summed E-state index contributed by atoms with van der Waals surface area (Å²) in [5.41, 5.74) is 1.18. The van der Waals surface area contributed by atoms with E-state index in [1.807, 2.05) is 12.1 Å². The molecule has 2 fully saturated rings. The van der Waals surface area contributed by atoms with E-state index in [1.54, 1.807) is 11.8 Å². The van der Waals surface area contributed by atoms with Crippen molar-refractivity contribution in [1.29, 1.82) is 0 Å². The predicted molar refractivity (Wildman–Crippen MR) is 81.2 cm³/mol. The summed E-state index contributed by atoms with van der Waals surface area (Å²) in [4.78, 5) is 12.5. The van der Waals surface area contributed by atoms with E-state index < -0.39 is 13.1 Å². The fraction of sp³-hybridized carbons (Fsp3) is 0.533. The standard InChI is InChI=1S/C15H17BO4S/c1-7(8-2-3-8)21-12-5-4-9-10-6-11(10)16(19)20-14(9)13(12)15(17)18/h4-5,7-8,10-11,19H,2-3,6H2,1H3,(H,17,18)/t7-,10+,11+/m0/s1. The average molecular weight is 304 g/mol. The second kappa shape index (κ2) is 4.68. The van der Waals surface area contributed by atoms with Gasteiger partial charge in [0.2, 0.25) is 0 Å². The summed E-state index contributed by atoms with van der Waals surface area (Å²) in [6.07, 6.45) is 3.36. The number of benzene rings is 1. The minimum absolute atomic E-state index is 0.142. The molecule has 4 rings (SSSR count). The summed E-state index contributed by atoms with van der Waals surface area (Å²) in [5, 5.41) is 19.9. The molecule has 0 spiro atoms. The van der Waals surface area contributed by atoms with Crippen LogP contribution >= 0.6 is 11.8 Å². The van der Waals surface area contributed by atoms with Crippen LogP contribution in [0.5, 0.6) is 5.75 Å². The molecule has 2 N–H and O–H groups in total. The minimum atomic E-state index is -0.969. The van der Waals surface area contributed by atoms with Gasteiger partial charge in [0, 0.05) is 16.0 Å². The molecule has 6 heteroatoms. The Hall–Kier alpha value is -1.14. The van der Waals surface area contributed by atoms with E-state index in [0.717, 1.165) is 16.9 Å². The first-order valence-corrected chi connectivity index (χ1v) is 8.35. The van der Waals surface area contributed by atoms with E-state index in [9.17, 15) is 14.9 Å². The minimum Gasteiger partial charge on any atom is -0.535 e. The number of carboxylic acid groups (broad SMARTS) is 1. The highest BCUT2D eigenvalue weighted by Crippen LogP contribution is 2.61. The highest BCUT2D eigenvalue weighted by atomic mass is 32.2. The number of carbonyl (C=O) groups is 1. The summed E-state index contributed by atoms with van der Waals surface area (Å²) in [7, 11) is -0.860. The maximum atomic E-state index is 11.7. The third-order valence-electron chi connectivity index (χ3n) is 4.81. The molecule has 3 atom stereocenters. The molecule has 1 aromatic rings. The fourth-order valence-corrected chi connectivity index (χ4v) is 4.57. The Morgan fingerprint density at radius 3 is 2.90 bits per heavy atom. The molecule has 0 aromatic heterocycles. The Balaban J connectivity index is 1.74. The van der Waals surface area contributed by atoms with Gasteiger partial charge in [-0.25, -0.2) is 4.79 Å². The molecule has 0 amide bonds. The first-order valence-electron chi connectivity index (χ1n) is 7.48. The molecule has 3 aliphatic rings. The second-order valence-electron chi connectivity index (χ2n) is 6.34. The Kier molecular flexibility index (Phi) is 3.01. The zero-order chi connectivity index (χ0) is 14.7. The smallest absolute Gasteiger partial charge is 0.526 e. The van der Waals surface area contributed by atoms with E-state index >= 15 is 0 Å². The Labute approximate surface area is 128 Å². The number of hydrogen-bond donors (Lipinski definition) is 2. The van der Waals surface area contributed by atoms with Crippen molar-refractivity contribution in [2.75, 3.05) is 0 Å². The van der Waals surface area contributed by atoms with Gasteiger partial charge in [-0.1, -0.05) is 13.0 Å². The summed E-state index contributed by atoms with van der Waals surface area (Å²) in [6, 6.07) is 3.91. The van der Waals surface area contributed by atoms with E-state index in [0.29, 0.717) is 16.9 Å². The van der Waals surface area contributed by atoms with E-state index in [2.05, 4.69) is 6.92 Å². The predicted octanol–water partition coefficient (Wildman–Crippen LogP) is 3.01. The van der Waals surface area contributed by atoms with Gasteiger partial charge in [-0.2, -0.15) is 0 Å². The van der Waals surface area contributed by atoms with Crippen molar-refractivity contribution < 1.29 is 19.6 Å². The van der Waals surface area contributed by atoms with Crippen molar-refractivity contribution in [3.8, 4) is 5.75 Å². The summed E-state index contributed by atoms with van der Waals surface area (Å²) in [6.45, 7) is 2.15. The lowest BCUT2D eigenvalue weighted by molar-refractivity contribution is 0.0690. The molecular formula is C15H17BO4S. The van der Waals surface area contributed by atoms with Crippen LogP contribution in [0.25, 0.3) is 0 Å². The van der Waals surface area contributed by atoms with Gasteiger partial charge in [0.1, 0.15) is 11.3 Å². The number of fused-ring (bicyclic) bond motifs is 3. The zero-order valence-electron chi connectivity index (χ0n) is 11.8. The third kappa shape index (κ3) is 2.25. The molecule has 21 heavy (non-hydrogen) atoms. The molecule has 0 saturated heterocycles. The van der Waals surface area contributed by atoms with E-state index in [4.69, 9.17) is 4.65 Å². The lowest BCUT2D eigenvalue weighted by Crippen LogP contribution is -2.27. The lowest BCUT2D eigenvalue weighted by Gasteiger charge is -2.23. The van der Waals surface area contributed by atoms with Crippen LogP contribution in [0.4, 0.5) is 0 Å². The van der Waals surface area contributed by atoms with Gasteiger partial charge in [-0.15, -0.1) is 11.8 Å². The number of aromatic carboxylic acids is 1. The molecule has 1 aliphatic heterocycles. The van der Waals surface area contributed by atoms with Crippen LogP contribution in [-0.4, -0.2) is 28.5 Å². The highest BCUT2D eigenvalue weighted by molar-refractivity contribution is 8.00. The quantitative estimate of drug-likeness (QED) is 0.661. The molecule has 1 aromatic carbocycles. The first kappa shape index (κ1) is 13.5. The van der Waals surface area contributed by atoms with Crippen molar-refractivity contribution >= 4 is 24.8 Å². The van der Waals surface area contributed by atoms with Crippen LogP contribution in [0.15, 0.2) is 17.0 Å². The highest BCUT2D eigenvalue weighted by Gasteiger charge is 2.54. The summed E-state index contributed by atoms with van der Waals surface area (Å²) >= 11 is 1.62. The van der Waals surface area contributed by atoms with Crippen LogP contribution in [-0.2, 0) is 0 Å². The van der Waals surface area contributed by atoms with Crippen LogP contribution in [0.3, 0.4) is 0 Å². The maximum Gasteiger partial charge on any atom is 0.526 e. The molecule has 1 heterocycles. The molecule has 2 saturated carbocycles. The van der Waals surface area contributed by atoms with E-state index in [-0.39, 0.29) is 17.3 Å². The number of rotatable bonds is 4. The normalized spacial score (nSPS) is 27.4. The van der Waals surface area contributed by atoms with Gasteiger partial charge in [-0.3, -0.25) is 0 Å². The molecule has 4 nitrogen and oxygen atoms in total. The molecule has 2 aliphatic carbocycles. The van der Waals surface area contributed by atoms with Gasteiger partial charge < -0.3 is 14.8 Å². The lowest BCUT2D eigenvalue weighted by atomic mass is 9.77. The topological polar surface area (TPSA) is 66.8 Å². The van der Waals surface area contributed by atoms with Crippen molar-refractivity contribution in [3.63, 3.8) is 0 Å². The fourth-order valence-electron chi connectivity index (χ4n) is 3.26. The average Bonchev–Trinajstić information content (AvgIpc) is 3.29. The van der Waals surface area contributed by atoms with Gasteiger partial charge in [0.05, 0.1) is 0 Å². The summed E-state index contributed by atoms with van der Waals surface area (Å²) < 4.78 is 5.54. The van der Waals surface area contributed by atoms with Crippen molar-refractivity contribution in [2.45, 2.75) is 48.1 Å². The largest absolute Gasteiger partial charge is 0.535 e. The maximum absolute atomic E-state index is 11.7. The number of thioether (sulfide) groups is 1. The Bertz CT molecular complexity index is 616. The van der Waals surface area contributed by atoms with Gasteiger partial charge >= 0.3 is 13.1 Å². The molecule has 0 bridgehead atoms. The molecule has 0 radical (unpaired) electrons. The monoisotopic (exact) mass is 304 g/mol. The Morgan fingerprint density at radius 1 is 1.48 bits per heavy atom. The van der Waals surface area contributed by atoms with E-state index in [1.165, 1.54) is 12.8 Å². The summed E-state index contributed by atoms with van der Waals surface area (Å²) in [5.74, 6) is 0.530. The van der Waals surface area contributed by atoms with Gasteiger partial charge in [0.25, 0.3) is 0 Å². The number of carboxylic acids is 1.